The minimum absolute atomic E-state index is 0.0653. The zero-order valence-corrected chi connectivity index (χ0v) is 22.9. The number of halogens is 3. The molecule has 4 aromatic rings. The van der Waals surface area contributed by atoms with Gasteiger partial charge in [-0.05, 0) is 64.7 Å². The first-order valence-corrected chi connectivity index (χ1v) is 13.8. The second kappa shape index (κ2) is 11.6. The number of methoxy groups -OCH3 is 1. The van der Waals surface area contributed by atoms with Crippen molar-refractivity contribution in [2.24, 2.45) is 5.92 Å². The first-order chi connectivity index (χ1) is 18.9. The van der Waals surface area contributed by atoms with Gasteiger partial charge in [-0.25, -0.2) is 0 Å². The highest BCUT2D eigenvalue weighted by atomic mass is 32.2. The lowest BCUT2D eigenvalue weighted by molar-refractivity contribution is -0.137. The number of rotatable bonds is 9. The SMILES string of the molecule is COc1ccc(CN(CC(C)C)C(=O)c2ccc3ccccc3c2)cc1OS(=O)(=O)c1cccc(C(F)(F)F)c1. The predicted octanol–water partition coefficient (Wildman–Crippen LogP) is 6.93. The van der Waals surface area contributed by atoms with Gasteiger partial charge in [0.2, 0.25) is 0 Å². The van der Waals surface area contributed by atoms with Crippen molar-refractivity contribution in [3.63, 3.8) is 0 Å². The van der Waals surface area contributed by atoms with E-state index >= 15 is 0 Å². The molecule has 0 aliphatic heterocycles. The summed E-state index contributed by atoms with van der Waals surface area (Å²) in [5.74, 6) is -0.204. The average Bonchev–Trinajstić information content (AvgIpc) is 2.91. The summed E-state index contributed by atoms with van der Waals surface area (Å²) < 4.78 is 75.8. The number of hydrogen-bond donors (Lipinski definition) is 0. The molecule has 0 bridgehead atoms. The molecule has 6 nitrogen and oxygen atoms in total. The van der Waals surface area contributed by atoms with Gasteiger partial charge in [0.15, 0.2) is 11.5 Å². The zero-order chi connectivity index (χ0) is 29.1. The molecule has 0 N–H and O–H groups in total. The minimum Gasteiger partial charge on any atom is -0.493 e. The maximum Gasteiger partial charge on any atom is 0.416 e. The molecular formula is C30H28F3NO5S. The molecule has 0 atom stereocenters. The fraction of sp³-hybridized carbons (Fsp3) is 0.233. The van der Waals surface area contributed by atoms with Crippen LogP contribution in [0, 0.1) is 5.92 Å². The van der Waals surface area contributed by atoms with E-state index in [1.807, 2.05) is 50.2 Å². The largest absolute Gasteiger partial charge is 0.493 e. The molecule has 40 heavy (non-hydrogen) atoms. The monoisotopic (exact) mass is 571 g/mol. The van der Waals surface area contributed by atoms with Gasteiger partial charge in [-0.2, -0.15) is 21.6 Å². The molecule has 1 amide bonds. The lowest BCUT2D eigenvalue weighted by atomic mass is 10.0. The third-order valence-corrected chi connectivity index (χ3v) is 7.35. The predicted molar refractivity (Wildman–Crippen MR) is 146 cm³/mol. The summed E-state index contributed by atoms with van der Waals surface area (Å²) in [4.78, 5) is 14.5. The molecule has 0 aromatic heterocycles. The van der Waals surface area contributed by atoms with Crippen molar-refractivity contribution >= 4 is 26.8 Å². The number of nitrogens with zero attached hydrogens (tertiary/aromatic N) is 1. The molecule has 0 heterocycles. The maximum atomic E-state index is 13.5. The van der Waals surface area contributed by atoms with E-state index < -0.39 is 26.8 Å². The van der Waals surface area contributed by atoms with Gasteiger partial charge >= 0.3 is 16.3 Å². The van der Waals surface area contributed by atoms with Gasteiger partial charge in [0.1, 0.15) is 4.90 Å². The molecule has 0 fully saturated rings. The Morgan fingerprint density at radius 1 is 0.875 bits per heavy atom. The Balaban J connectivity index is 1.63. The highest BCUT2D eigenvalue weighted by Gasteiger charge is 2.32. The van der Waals surface area contributed by atoms with E-state index in [9.17, 15) is 26.4 Å². The third kappa shape index (κ3) is 6.74. The van der Waals surface area contributed by atoms with E-state index in [1.54, 1.807) is 17.0 Å². The van der Waals surface area contributed by atoms with Gasteiger partial charge < -0.3 is 13.8 Å². The zero-order valence-electron chi connectivity index (χ0n) is 22.1. The Morgan fingerprint density at radius 3 is 2.27 bits per heavy atom. The maximum absolute atomic E-state index is 13.5. The molecule has 0 radical (unpaired) electrons. The van der Waals surface area contributed by atoms with Crippen LogP contribution in [0.3, 0.4) is 0 Å². The van der Waals surface area contributed by atoms with E-state index in [0.29, 0.717) is 23.7 Å². The van der Waals surface area contributed by atoms with Crippen molar-refractivity contribution in [3.8, 4) is 11.5 Å². The van der Waals surface area contributed by atoms with E-state index in [4.69, 9.17) is 8.92 Å². The number of alkyl halides is 3. The molecule has 0 saturated carbocycles. The van der Waals surface area contributed by atoms with Crippen LogP contribution < -0.4 is 8.92 Å². The Kier molecular flexibility index (Phi) is 8.39. The van der Waals surface area contributed by atoms with E-state index in [0.717, 1.165) is 29.0 Å². The second-order valence-electron chi connectivity index (χ2n) is 9.69. The third-order valence-electron chi connectivity index (χ3n) is 6.12. The summed E-state index contributed by atoms with van der Waals surface area (Å²) in [6.07, 6.45) is -4.72. The molecule has 210 valence electrons. The second-order valence-corrected chi connectivity index (χ2v) is 11.2. The fourth-order valence-electron chi connectivity index (χ4n) is 4.26. The number of ether oxygens (including phenoxy) is 1. The van der Waals surface area contributed by atoms with Crippen LogP contribution in [0.5, 0.6) is 11.5 Å². The molecule has 0 spiro atoms. The van der Waals surface area contributed by atoms with Crippen LogP contribution in [0.15, 0.2) is 89.8 Å². The molecule has 0 saturated heterocycles. The van der Waals surface area contributed by atoms with Crippen LogP contribution in [-0.4, -0.2) is 32.9 Å². The molecule has 0 unspecified atom stereocenters. The molecule has 4 rings (SSSR count). The Hall–Kier alpha value is -4.05. The number of amides is 1. The highest BCUT2D eigenvalue weighted by Crippen LogP contribution is 2.34. The van der Waals surface area contributed by atoms with Crippen molar-refractivity contribution in [1.82, 2.24) is 4.90 Å². The first kappa shape index (κ1) is 28.9. The van der Waals surface area contributed by atoms with Crippen molar-refractivity contribution in [2.75, 3.05) is 13.7 Å². The van der Waals surface area contributed by atoms with Gasteiger partial charge in [-0.1, -0.05) is 56.3 Å². The van der Waals surface area contributed by atoms with Crippen molar-refractivity contribution in [2.45, 2.75) is 31.5 Å². The van der Waals surface area contributed by atoms with Gasteiger partial charge in [-0.15, -0.1) is 0 Å². The normalized spacial score (nSPS) is 12.0. The van der Waals surface area contributed by atoms with Gasteiger partial charge in [0, 0.05) is 18.7 Å². The molecule has 0 aliphatic carbocycles. The quantitative estimate of drug-likeness (QED) is 0.204. The number of hydrogen-bond acceptors (Lipinski definition) is 5. The van der Waals surface area contributed by atoms with Gasteiger partial charge in [0.25, 0.3) is 5.91 Å². The summed E-state index contributed by atoms with van der Waals surface area (Å²) in [6.45, 7) is 4.51. The number of benzene rings is 4. The number of carbonyl (C=O) groups excluding carboxylic acids is 1. The van der Waals surface area contributed by atoms with Crippen molar-refractivity contribution < 1.29 is 35.3 Å². The standard InChI is InChI=1S/C30H28F3NO5S/c1-20(2)18-34(29(35)24-13-12-22-7-4-5-8-23(22)16-24)19-21-11-14-27(38-3)28(15-21)39-40(36,37)26-10-6-9-25(17-26)30(31,32)33/h4-17,20H,18-19H2,1-3H3. The van der Waals surface area contributed by atoms with Crippen LogP contribution in [0.2, 0.25) is 0 Å². The summed E-state index contributed by atoms with van der Waals surface area (Å²) >= 11 is 0. The van der Waals surface area contributed by atoms with Crippen LogP contribution in [0.25, 0.3) is 10.8 Å². The number of carbonyl (C=O) groups is 1. The first-order valence-electron chi connectivity index (χ1n) is 12.4. The van der Waals surface area contributed by atoms with E-state index in [-0.39, 0.29) is 29.9 Å². The summed E-state index contributed by atoms with van der Waals surface area (Å²) in [6, 6.07) is 21.1. The molecule has 4 aromatic carbocycles. The lowest BCUT2D eigenvalue weighted by Gasteiger charge is -2.25. The topological polar surface area (TPSA) is 72.9 Å². The number of fused-ring (bicyclic) bond motifs is 1. The average molecular weight is 572 g/mol. The van der Waals surface area contributed by atoms with Crippen LogP contribution >= 0.6 is 0 Å². The highest BCUT2D eigenvalue weighted by molar-refractivity contribution is 7.87. The van der Waals surface area contributed by atoms with Crippen LogP contribution in [-0.2, 0) is 22.8 Å². The van der Waals surface area contributed by atoms with Crippen LogP contribution in [0.1, 0.15) is 35.3 Å². The van der Waals surface area contributed by atoms with E-state index in [2.05, 4.69) is 0 Å². The van der Waals surface area contributed by atoms with Crippen molar-refractivity contribution in [1.29, 1.82) is 0 Å². The minimum atomic E-state index is -4.72. The lowest BCUT2D eigenvalue weighted by Crippen LogP contribution is -2.33. The molecular weight excluding hydrogens is 543 g/mol. The molecule has 10 heteroatoms. The summed E-state index contributed by atoms with van der Waals surface area (Å²) in [5.41, 5.74) is -0.0595. The van der Waals surface area contributed by atoms with Crippen molar-refractivity contribution in [3.05, 3.63) is 102 Å². The Bertz CT molecular complexity index is 1630. The van der Waals surface area contributed by atoms with Gasteiger partial charge in [0.05, 0.1) is 12.7 Å². The van der Waals surface area contributed by atoms with E-state index in [1.165, 1.54) is 19.2 Å². The summed E-state index contributed by atoms with van der Waals surface area (Å²) in [5, 5.41) is 1.94. The smallest absolute Gasteiger partial charge is 0.416 e. The Morgan fingerprint density at radius 2 is 1.60 bits per heavy atom. The molecule has 0 aliphatic rings. The fourth-order valence-corrected chi connectivity index (χ4v) is 5.24. The van der Waals surface area contributed by atoms with Gasteiger partial charge in [-0.3, -0.25) is 4.79 Å². The summed E-state index contributed by atoms with van der Waals surface area (Å²) in [7, 11) is -3.32. The Labute approximate surface area is 231 Å². The van der Waals surface area contributed by atoms with Crippen LogP contribution in [0.4, 0.5) is 13.2 Å².